The minimum absolute atomic E-state index is 0.149. The van der Waals surface area contributed by atoms with Crippen LogP contribution in [0.1, 0.15) is 22.3 Å². The zero-order valence-electron chi connectivity index (χ0n) is 16.9. The summed E-state index contributed by atoms with van der Waals surface area (Å²) in [4.78, 5) is 16.8. The molecule has 0 aliphatic carbocycles. The first-order valence-electron chi connectivity index (χ1n) is 9.91. The number of nitriles is 1. The molecule has 32 heavy (non-hydrogen) atoms. The van der Waals surface area contributed by atoms with E-state index in [9.17, 15) is 9.90 Å². The highest BCUT2D eigenvalue weighted by atomic mass is 79.9. The van der Waals surface area contributed by atoms with Crippen LogP contribution < -0.4 is 10.6 Å². The number of phenols is 1. The van der Waals surface area contributed by atoms with E-state index in [1.165, 1.54) is 0 Å². The Kier molecular flexibility index (Phi) is 6.33. The average Bonchev–Trinajstić information content (AvgIpc) is 3.19. The predicted octanol–water partition coefficient (Wildman–Crippen LogP) is 3.97. The van der Waals surface area contributed by atoms with Gasteiger partial charge in [0.1, 0.15) is 11.6 Å². The van der Waals surface area contributed by atoms with Crippen molar-refractivity contribution in [3.63, 3.8) is 0 Å². The minimum atomic E-state index is -0.182. The third-order valence-corrected chi connectivity index (χ3v) is 5.39. The average molecular weight is 491 g/mol. The zero-order valence-corrected chi connectivity index (χ0v) is 18.5. The molecule has 0 aliphatic rings. The summed E-state index contributed by atoms with van der Waals surface area (Å²) >= 11 is 3.47. The number of nitrogens with one attached hydrogen (secondary N) is 2. The highest BCUT2D eigenvalue weighted by Crippen LogP contribution is 2.30. The van der Waals surface area contributed by atoms with Gasteiger partial charge in [-0.05, 0) is 58.7 Å². The fraction of sp³-hybridized carbons (Fsp3) is 0.130. The van der Waals surface area contributed by atoms with Crippen LogP contribution in [0, 0.1) is 11.3 Å². The van der Waals surface area contributed by atoms with Gasteiger partial charge >= 0.3 is 0 Å². The Labute approximate surface area is 192 Å². The number of halogens is 1. The summed E-state index contributed by atoms with van der Waals surface area (Å²) in [6.45, 7) is 1.07. The van der Waals surface area contributed by atoms with Gasteiger partial charge in [-0.1, -0.05) is 12.1 Å². The van der Waals surface area contributed by atoms with E-state index in [1.54, 1.807) is 53.2 Å². The van der Waals surface area contributed by atoms with Gasteiger partial charge in [-0.25, -0.2) is 4.98 Å². The summed E-state index contributed by atoms with van der Waals surface area (Å²) in [6.07, 6.45) is 2.35. The molecule has 1 amide bonds. The van der Waals surface area contributed by atoms with E-state index >= 15 is 0 Å². The number of nitrogens with zero attached hydrogens (tertiary/aromatic N) is 4. The molecule has 0 radical (unpaired) electrons. The normalized spacial score (nSPS) is 10.6. The van der Waals surface area contributed by atoms with E-state index in [-0.39, 0.29) is 11.7 Å². The second-order valence-corrected chi connectivity index (χ2v) is 7.85. The molecule has 160 valence electrons. The molecule has 2 heterocycles. The summed E-state index contributed by atoms with van der Waals surface area (Å²) in [7, 11) is 0. The third kappa shape index (κ3) is 4.55. The number of carbonyl (C=O) groups excluding carboxylic acids is 1. The maximum Gasteiger partial charge on any atom is 0.251 e. The summed E-state index contributed by atoms with van der Waals surface area (Å²) in [5.41, 5.74) is 2.90. The van der Waals surface area contributed by atoms with Crippen molar-refractivity contribution < 1.29 is 9.90 Å². The molecule has 2 aromatic heterocycles. The monoisotopic (exact) mass is 490 g/mol. The molecular weight excluding hydrogens is 472 g/mol. The zero-order chi connectivity index (χ0) is 22.5. The maximum atomic E-state index is 12.2. The molecule has 8 nitrogen and oxygen atoms in total. The second kappa shape index (κ2) is 9.49. The second-order valence-electron chi connectivity index (χ2n) is 7.00. The first kappa shape index (κ1) is 21.3. The molecule has 0 saturated heterocycles. The lowest BCUT2D eigenvalue weighted by molar-refractivity contribution is 0.0953. The fourth-order valence-electron chi connectivity index (χ4n) is 3.20. The van der Waals surface area contributed by atoms with Gasteiger partial charge < -0.3 is 15.7 Å². The van der Waals surface area contributed by atoms with Gasteiger partial charge in [0.15, 0.2) is 5.65 Å². The smallest absolute Gasteiger partial charge is 0.251 e. The van der Waals surface area contributed by atoms with Gasteiger partial charge in [0.05, 0.1) is 28.0 Å². The van der Waals surface area contributed by atoms with Crippen molar-refractivity contribution >= 4 is 33.3 Å². The number of rotatable bonds is 7. The van der Waals surface area contributed by atoms with E-state index in [0.29, 0.717) is 47.5 Å². The Morgan fingerprint density at radius 3 is 2.69 bits per heavy atom. The first-order valence-corrected chi connectivity index (χ1v) is 10.7. The number of hydrogen-bond acceptors (Lipinski definition) is 6. The van der Waals surface area contributed by atoms with E-state index in [0.717, 1.165) is 10.3 Å². The lowest BCUT2D eigenvalue weighted by Gasteiger charge is -2.12. The minimum Gasteiger partial charge on any atom is -0.507 e. The molecule has 4 aromatic rings. The molecule has 2 aromatic carbocycles. The molecule has 0 saturated carbocycles. The summed E-state index contributed by atoms with van der Waals surface area (Å²) in [5, 5.41) is 29.6. The molecule has 3 N–H and O–H groups in total. The van der Waals surface area contributed by atoms with Crippen LogP contribution in [0.25, 0.3) is 16.9 Å². The number of para-hydroxylation sites is 1. The van der Waals surface area contributed by atoms with Gasteiger partial charge in [0.25, 0.3) is 5.91 Å². The van der Waals surface area contributed by atoms with Crippen LogP contribution in [0.3, 0.4) is 0 Å². The Morgan fingerprint density at radius 1 is 1.16 bits per heavy atom. The number of amides is 1. The van der Waals surface area contributed by atoms with Gasteiger partial charge in [-0.15, -0.1) is 0 Å². The number of hydrogen-bond donors (Lipinski definition) is 3. The lowest BCUT2D eigenvalue weighted by atomic mass is 10.1. The van der Waals surface area contributed by atoms with Gasteiger partial charge in [-0.2, -0.15) is 14.9 Å². The van der Waals surface area contributed by atoms with E-state index in [4.69, 9.17) is 5.26 Å². The van der Waals surface area contributed by atoms with Crippen molar-refractivity contribution in [2.24, 2.45) is 0 Å². The molecule has 9 heteroatoms. The van der Waals surface area contributed by atoms with Gasteiger partial charge in [0, 0.05) is 30.3 Å². The SMILES string of the molecule is N#Cc1ccc(C(=O)NCCCNc2cc(-c3ccccc3O)nc3c(Br)cnn23)cc1. The molecule has 0 spiro atoms. The quantitative estimate of drug-likeness (QED) is 0.337. The number of anilines is 1. The number of aromatic hydroxyl groups is 1. The first-order chi connectivity index (χ1) is 15.6. The standard InChI is InChI=1S/C23H19BrN6O2/c24-18-14-28-30-21(12-19(29-22(18)30)17-4-1-2-5-20(17)31)26-10-3-11-27-23(32)16-8-6-15(13-25)7-9-16/h1-2,4-9,12,14,26,31H,3,10-11H2,(H,27,32). The Morgan fingerprint density at radius 2 is 1.94 bits per heavy atom. The molecule has 0 unspecified atom stereocenters. The summed E-state index contributed by atoms with van der Waals surface area (Å²) < 4.78 is 2.43. The van der Waals surface area contributed by atoms with Crippen molar-refractivity contribution in [2.75, 3.05) is 18.4 Å². The molecule has 0 bridgehead atoms. The van der Waals surface area contributed by atoms with Crippen LogP contribution in [0.5, 0.6) is 5.75 Å². The molecule has 4 rings (SSSR count). The summed E-state index contributed by atoms with van der Waals surface area (Å²) in [5.74, 6) is 0.687. The van der Waals surface area contributed by atoms with Crippen LogP contribution in [0.15, 0.2) is 65.3 Å². The van der Waals surface area contributed by atoms with E-state index < -0.39 is 0 Å². The van der Waals surface area contributed by atoms with Crippen LogP contribution >= 0.6 is 15.9 Å². The molecular formula is C23H19BrN6O2. The van der Waals surface area contributed by atoms with Crippen LogP contribution in [-0.4, -0.2) is 38.7 Å². The molecule has 0 fully saturated rings. The third-order valence-electron chi connectivity index (χ3n) is 4.83. The Balaban J connectivity index is 1.41. The Hall–Kier alpha value is -3.90. The highest BCUT2D eigenvalue weighted by molar-refractivity contribution is 9.10. The molecule has 0 atom stereocenters. The van der Waals surface area contributed by atoms with Crippen LogP contribution in [0.2, 0.25) is 0 Å². The highest BCUT2D eigenvalue weighted by Gasteiger charge is 2.13. The van der Waals surface area contributed by atoms with Gasteiger partial charge in [0.2, 0.25) is 0 Å². The van der Waals surface area contributed by atoms with Crippen molar-refractivity contribution in [2.45, 2.75) is 6.42 Å². The number of aromatic nitrogens is 3. The van der Waals surface area contributed by atoms with Gasteiger partial charge in [-0.3, -0.25) is 4.79 Å². The van der Waals surface area contributed by atoms with Crippen LogP contribution in [0.4, 0.5) is 5.82 Å². The van der Waals surface area contributed by atoms with E-state index in [1.807, 2.05) is 18.2 Å². The van der Waals surface area contributed by atoms with Crippen LogP contribution in [-0.2, 0) is 0 Å². The topological polar surface area (TPSA) is 115 Å². The number of benzene rings is 2. The molecule has 0 aliphatic heterocycles. The van der Waals surface area contributed by atoms with Crippen molar-refractivity contribution in [1.82, 2.24) is 19.9 Å². The number of carbonyl (C=O) groups is 1. The predicted molar refractivity (Wildman–Crippen MR) is 124 cm³/mol. The largest absolute Gasteiger partial charge is 0.507 e. The van der Waals surface area contributed by atoms with Crippen molar-refractivity contribution in [1.29, 1.82) is 5.26 Å². The van der Waals surface area contributed by atoms with Crippen molar-refractivity contribution in [3.8, 4) is 23.1 Å². The number of phenolic OH excluding ortho intramolecular Hbond substituents is 1. The number of fused-ring (bicyclic) bond motifs is 1. The fourth-order valence-corrected chi connectivity index (χ4v) is 3.54. The maximum absolute atomic E-state index is 12.2. The summed E-state index contributed by atoms with van der Waals surface area (Å²) in [6, 6.07) is 17.4. The lowest BCUT2D eigenvalue weighted by Crippen LogP contribution is -2.26. The van der Waals surface area contributed by atoms with E-state index in [2.05, 4.69) is 36.6 Å². The Bertz CT molecular complexity index is 1310. The van der Waals surface area contributed by atoms with Crippen molar-refractivity contribution in [3.05, 3.63) is 76.4 Å².